The van der Waals surface area contributed by atoms with Gasteiger partial charge in [0.25, 0.3) is 6.43 Å². The van der Waals surface area contributed by atoms with Crippen molar-refractivity contribution in [1.29, 1.82) is 0 Å². The Hall–Kier alpha value is -3.54. The monoisotopic (exact) mass is 458 g/mol. The first kappa shape index (κ1) is 21.3. The van der Waals surface area contributed by atoms with E-state index in [9.17, 15) is 13.2 Å². The van der Waals surface area contributed by atoms with Crippen LogP contribution in [0.5, 0.6) is 0 Å². The number of pyridine rings is 1. The summed E-state index contributed by atoms with van der Waals surface area (Å²) in [5, 5.41) is 15.9. The SMILES string of the molecule is Cc1nc(N[C@H](C)c2cccc(C(F)F)c2F)c2cc(N3CCOCC3)c3nnnn3c2n1. The van der Waals surface area contributed by atoms with E-state index in [1.54, 1.807) is 18.4 Å². The molecule has 0 radical (unpaired) electrons. The highest BCUT2D eigenvalue weighted by atomic mass is 19.3. The summed E-state index contributed by atoms with van der Waals surface area (Å²) in [5.41, 5.74) is 1.32. The van der Waals surface area contributed by atoms with Crippen molar-refractivity contribution >= 4 is 28.2 Å². The molecule has 1 fully saturated rings. The Bertz CT molecular complexity index is 1320. The summed E-state index contributed by atoms with van der Waals surface area (Å²) in [6.07, 6.45) is -2.90. The van der Waals surface area contributed by atoms with E-state index in [4.69, 9.17) is 4.74 Å². The fraction of sp³-hybridized carbons (Fsp3) is 0.381. The lowest BCUT2D eigenvalue weighted by molar-refractivity contribution is 0.123. The first-order valence-electron chi connectivity index (χ1n) is 10.5. The molecule has 3 aromatic heterocycles. The van der Waals surface area contributed by atoms with Gasteiger partial charge in [-0.1, -0.05) is 18.2 Å². The van der Waals surface area contributed by atoms with Crippen LogP contribution in [-0.2, 0) is 4.74 Å². The van der Waals surface area contributed by atoms with Crippen LogP contribution in [0.4, 0.5) is 24.7 Å². The Kier molecular flexibility index (Phi) is 5.44. The third kappa shape index (κ3) is 3.80. The molecule has 0 spiro atoms. The summed E-state index contributed by atoms with van der Waals surface area (Å²) < 4.78 is 48.1. The minimum absolute atomic E-state index is 0.120. The first-order valence-corrected chi connectivity index (χ1v) is 10.5. The topological polar surface area (TPSA) is 93.4 Å². The zero-order valence-electron chi connectivity index (χ0n) is 18.0. The number of nitrogens with one attached hydrogen (secondary N) is 1. The second kappa shape index (κ2) is 8.43. The third-order valence-corrected chi connectivity index (χ3v) is 5.68. The van der Waals surface area contributed by atoms with Gasteiger partial charge in [-0.15, -0.1) is 5.10 Å². The molecule has 1 aromatic carbocycles. The molecular weight excluding hydrogens is 437 g/mol. The fourth-order valence-electron chi connectivity index (χ4n) is 4.05. The van der Waals surface area contributed by atoms with E-state index in [0.29, 0.717) is 54.6 Å². The molecule has 33 heavy (non-hydrogen) atoms. The van der Waals surface area contributed by atoms with Crippen molar-refractivity contribution < 1.29 is 17.9 Å². The number of hydrogen-bond donors (Lipinski definition) is 1. The van der Waals surface area contributed by atoms with E-state index < -0.39 is 23.8 Å². The normalized spacial score (nSPS) is 15.5. The van der Waals surface area contributed by atoms with Gasteiger partial charge in [-0.05, 0) is 30.3 Å². The molecule has 9 nitrogen and oxygen atoms in total. The zero-order chi connectivity index (χ0) is 23.1. The van der Waals surface area contributed by atoms with Crippen LogP contribution >= 0.6 is 0 Å². The molecule has 4 aromatic rings. The lowest BCUT2D eigenvalue weighted by atomic mass is 10.0. The highest BCUT2D eigenvalue weighted by Crippen LogP contribution is 2.33. The number of halogens is 3. The molecule has 1 atom stereocenters. The number of aryl methyl sites for hydroxylation is 1. The van der Waals surface area contributed by atoms with Crippen LogP contribution in [0.1, 0.15) is 36.3 Å². The smallest absolute Gasteiger partial charge is 0.266 e. The first-order chi connectivity index (χ1) is 15.9. The number of nitrogens with zero attached hydrogens (tertiary/aromatic N) is 7. The van der Waals surface area contributed by atoms with Gasteiger partial charge in [0.2, 0.25) is 5.65 Å². The van der Waals surface area contributed by atoms with Gasteiger partial charge < -0.3 is 15.0 Å². The maximum atomic E-state index is 14.7. The maximum Gasteiger partial charge on any atom is 0.266 e. The van der Waals surface area contributed by atoms with Crippen molar-refractivity contribution in [2.45, 2.75) is 26.3 Å². The summed E-state index contributed by atoms with van der Waals surface area (Å²) in [4.78, 5) is 11.1. The quantitative estimate of drug-likeness (QED) is 0.486. The standard InChI is InChI=1S/C21H21F3N8O/c1-11(13-4-3-5-14(17(13)22)18(23)24)25-19-15-10-16(31-6-8-33-9-7-31)21-28-29-30-32(21)20(15)27-12(2)26-19/h3-5,10-11,18H,6-9H2,1-2H3,(H,25,26,27)/t11-/m1/s1. The molecule has 5 rings (SSSR count). The number of fused-ring (bicyclic) bond motifs is 3. The van der Waals surface area contributed by atoms with Crippen LogP contribution in [0.2, 0.25) is 0 Å². The summed E-state index contributed by atoms with van der Waals surface area (Å²) in [6, 6.07) is 5.24. The molecule has 1 saturated heterocycles. The number of ether oxygens (including phenoxy) is 1. The molecule has 172 valence electrons. The molecule has 0 aliphatic carbocycles. The minimum Gasteiger partial charge on any atom is -0.378 e. The van der Waals surface area contributed by atoms with E-state index in [2.05, 4.69) is 35.7 Å². The Morgan fingerprint density at radius 3 is 2.61 bits per heavy atom. The molecule has 4 heterocycles. The Balaban J connectivity index is 1.62. The number of aromatic nitrogens is 6. The fourth-order valence-corrected chi connectivity index (χ4v) is 4.05. The van der Waals surface area contributed by atoms with Crippen LogP contribution < -0.4 is 10.2 Å². The third-order valence-electron chi connectivity index (χ3n) is 5.68. The number of anilines is 2. The van der Waals surface area contributed by atoms with E-state index in [0.717, 1.165) is 11.8 Å². The van der Waals surface area contributed by atoms with Crippen LogP contribution in [0.25, 0.3) is 16.7 Å². The molecular formula is C21H21F3N8O. The van der Waals surface area contributed by atoms with Gasteiger partial charge in [-0.2, -0.15) is 4.52 Å². The highest BCUT2D eigenvalue weighted by molar-refractivity contribution is 5.93. The molecule has 0 amide bonds. The number of alkyl halides is 2. The second-order valence-corrected chi connectivity index (χ2v) is 7.82. The van der Waals surface area contributed by atoms with Gasteiger partial charge in [0.05, 0.1) is 35.9 Å². The predicted octanol–water partition coefficient (Wildman–Crippen LogP) is 3.46. The predicted molar refractivity (Wildman–Crippen MR) is 115 cm³/mol. The van der Waals surface area contributed by atoms with Crippen molar-refractivity contribution in [3.05, 3.63) is 47.0 Å². The van der Waals surface area contributed by atoms with Gasteiger partial charge in [0, 0.05) is 18.7 Å². The molecule has 1 N–H and O–H groups in total. The minimum atomic E-state index is -2.90. The van der Waals surface area contributed by atoms with Gasteiger partial charge in [-0.25, -0.2) is 23.1 Å². The molecule has 12 heteroatoms. The van der Waals surface area contributed by atoms with Gasteiger partial charge in [0.15, 0.2) is 5.65 Å². The highest BCUT2D eigenvalue weighted by Gasteiger charge is 2.23. The lowest BCUT2D eigenvalue weighted by Crippen LogP contribution is -2.36. The number of rotatable bonds is 5. The van der Waals surface area contributed by atoms with Crippen molar-refractivity contribution in [3.63, 3.8) is 0 Å². The second-order valence-electron chi connectivity index (χ2n) is 7.82. The van der Waals surface area contributed by atoms with E-state index in [1.807, 2.05) is 6.07 Å². The maximum absolute atomic E-state index is 14.7. The molecule has 0 bridgehead atoms. The largest absolute Gasteiger partial charge is 0.378 e. The van der Waals surface area contributed by atoms with Gasteiger partial charge in [0.1, 0.15) is 17.5 Å². The number of morpholine rings is 1. The lowest BCUT2D eigenvalue weighted by Gasteiger charge is -2.29. The van der Waals surface area contributed by atoms with Crippen LogP contribution in [-0.4, -0.2) is 56.3 Å². The molecule has 0 unspecified atom stereocenters. The van der Waals surface area contributed by atoms with E-state index >= 15 is 0 Å². The number of benzene rings is 1. The molecule has 0 saturated carbocycles. The number of tetrazole rings is 1. The van der Waals surface area contributed by atoms with Crippen LogP contribution in [0, 0.1) is 12.7 Å². The molecule has 1 aliphatic rings. The van der Waals surface area contributed by atoms with Gasteiger partial charge in [-0.3, -0.25) is 0 Å². The van der Waals surface area contributed by atoms with Crippen molar-refractivity contribution in [3.8, 4) is 0 Å². The van der Waals surface area contributed by atoms with E-state index in [1.165, 1.54) is 12.1 Å². The van der Waals surface area contributed by atoms with Crippen molar-refractivity contribution in [2.75, 3.05) is 36.5 Å². The van der Waals surface area contributed by atoms with Crippen LogP contribution in [0.3, 0.4) is 0 Å². The summed E-state index contributed by atoms with van der Waals surface area (Å²) in [7, 11) is 0. The number of hydrogen-bond acceptors (Lipinski definition) is 8. The average molecular weight is 458 g/mol. The van der Waals surface area contributed by atoms with Crippen molar-refractivity contribution in [2.24, 2.45) is 0 Å². The average Bonchev–Trinajstić information content (AvgIpc) is 3.29. The van der Waals surface area contributed by atoms with E-state index in [-0.39, 0.29) is 5.56 Å². The van der Waals surface area contributed by atoms with Gasteiger partial charge >= 0.3 is 0 Å². The molecule has 1 aliphatic heterocycles. The Morgan fingerprint density at radius 1 is 1.09 bits per heavy atom. The Labute approximate surface area is 186 Å². The zero-order valence-corrected chi connectivity index (χ0v) is 18.0. The summed E-state index contributed by atoms with van der Waals surface area (Å²) in [5.74, 6) is -0.0480. The Morgan fingerprint density at radius 2 is 1.85 bits per heavy atom. The van der Waals surface area contributed by atoms with Crippen LogP contribution in [0.15, 0.2) is 24.3 Å². The summed E-state index contributed by atoms with van der Waals surface area (Å²) >= 11 is 0. The van der Waals surface area contributed by atoms with Crippen molar-refractivity contribution in [1.82, 2.24) is 30.0 Å². The summed E-state index contributed by atoms with van der Waals surface area (Å²) in [6.45, 7) is 5.92.